The van der Waals surface area contributed by atoms with Crippen LogP contribution in [0.5, 0.6) is 0 Å². The van der Waals surface area contributed by atoms with Gasteiger partial charge in [0.15, 0.2) is 0 Å². The van der Waals surface area contributed by atoms with Gasteiger partial charge in [0.1, 0.15) is 0 Å². The van der Waals surface area contributed by atoms with Gasteiger partial charge in [-0.05, 0) is 40.8 Å². The molecule has 0 spiro atoms. The molecule has 3 N–H and O–H groups in total. The second-order valence-corrected chi connectivity index (χ2v) is 10.6. The minimum absolute atomic E-state index is 0.0219. The number of sulfonamides is 1. The Bertz CT molecular complexity index is 1140. The second kappa shape index (κ2) is 9.72. The highest BCUT2D eigenvalue weighted by Gasteiger charge is 2.28. The van der Waals surface area contributed by atoms with E-state index in [2.05, 4.69) is 15.4 Å². The number of nitrogens with one attached hydrogen (secondary N) is 3. The number of hydrogen-bond acceptors (Lipinski definition) is 5. The van der Waals surface area contributed by atoms with E-state index in [-0.39, 0.29) is 48.2 Å². The van der Waals surface area contributed by atoms with Gasteiger partial charge in [-0.1, -0.05) is 45.0 Å². The number of nitrogens with zero attached hydrogens (tertiary/aromatic N) is 1. The minimum Gasteiger partial charge on any atom is -0.329 e. The van der Waals surface area contributed by atoms with Crippen LogP contribution >= 0.6 is 0 Å². The number of hydrogen-bond donors (Lipinski definition) is 3. The average Bonchev–Trinajstić information content (AvgIpc) is 3.05. The molecule has 3 rings (SSSR count). The van der Waals surface area contributed by atoms with Gasteiger partial charge in [-0.15, -0.1) is 0 Å². The summed E-state index contributed by atoms with van der Waals surface area (Å²) in [5, 5.41) is 5.16. The van der Waals surface area contributed by atoms with Gasteiger partial charge in [-0.25, -0.2) is 17.9 Å². The molecule has 0 aliphatic carbocycles. The molecule has 0 aromatic heterocycles. The van der Waals surface area contributed by atoms with Gasteiger partial charge in [-0.3, -0.25) is 14.5 Å². The normalized spacial score (nSPS) is 14.3. The zero-order chi connectivity index (χ0) is 24.2. The summed E-state index contributed by atoms with van der Waals surface area (Å²) in [6.07, 6.45) is -0.0590. The second-order valence-electron chi connectivity index (χ2n) is 8.81. The Morgan fingerprint density at radius 1 is 1.09 bits per heavy atom. The van der Waals surface area contributed by atoms with E-state index in [0.717, 1.165) is 10.5 Å². The summed E-state index contributed by atoms with van der Waals surface area (Å²) in [4.78, 5) is 36.9. The largest absolute Gasteiger partial charge is 0.329 e. The van der Waals surface area contributed by atoms with Gasteiger partial charge in [-0.2, -0.15) is 0 Å². The first-order valence-electron chi connectivity index (χ1n) is 10.5. The lowest BCUT2D eigenvalue weighted by Gasteiger charge is -2.19. The van der Waals surface area contributed by atoms with Crippen molar-refractivity contribution in [3.05, 3.63) is 59.7 Å². The Morgan fingerprint density at radius 3 is 2.39 bits per heavy atom. The number of imide groups is 1. The maximum absolute atomic E-state index is 12.5. The summed E-state index contributed by atoms with van der Waals surface area (Å²) >= 11 is 0. The van der Waals surface area contributed by atoms with Crippen LogP contribution in [0.3, 0.4) is 0 Å². The molecule has 1 saturated heterocycles. The zero-order valence-electron chi connectivity index (χ0n) is 18.8. The predicted molar refractivity (Wildman–Crippen MR) is 124 cm³/mol. The monoisotopic (exact) mass is 472 g/mol. The van der Waals surface area contributed by atoms with Gasteiger partial charge >= 0.3 is 6.03 Å². The minimum atomic E-state index is -3.73. The molecule has 1 aliphatic rings. The molecule has 176 valence electrons. The molecular formula is C23H28N4O5S. The van der Waals surface area contributed by atoms with Crippen molar-refractivity contribution in [1.82, 2.24) is 14.9 Å². The molecule has 9 nitrogen and oxygen atoms in total. The first-order valence-corrected chi connectivity index (χ1v) is 12.0. The van der Waals surface area contributed by atoms with Crippen LogP contribution in [0.4, 0.5) is 10.5 Å². The van der Waals surface area contributed by atoms with Gasteiger partial charge < -0.3 is 10.6 Å². The number of amides is 4. The van der Waals surface area contributed by atoms with E-state index in [0.29, 0.717) is 11.3 Å². The molecule has 4 amide bonds. The Morgan fingerprint density at radius 2 is 1.79 bits per heavy atom. The van der Waals surface area contributed by atoms with Gasteiger partial charge in [0.05, 0.1) is 18.0 Å². The molecule has 0 radical (unpaired) electrons. The smallest absolute Gasteiger partial charge is 0.324 e. The summed E-state index contributed by atoms with van der Waals surface area (Å²) in [5.74, 6) is -0.678. The van der Waals surface area contributed by atoms with Crippen molar-refractivity contribution < 1.29 is 22.8 Å². The highest BCUT2D eigenvalue weighted by molar-refractivity contribution is 7.89. The van der Waals surface area contributed by atoms with E-state index >= 15 is 0 Å². The molecule has 1 heterocycles. The lowest BCUT2D eigenvalue weighted by atomic mass is 9.87. The van der Waals surface area contributed by atoms with E-state index in [1.54, 1.807) is 48.5 Å². The van der Waals surface area contributed by atoms with E-state index in [1.165, 1.54) is 0 Å². The lowest BCUT2D eigenvalue weighted by molar-refractivity contribution is -0.125. The molecule has 2 aromatic carbocycles. The van der Waals surface area contributed by atoms with Crippen LogP contribution in [-0.4, -0.2) is 44.3 Å². The van der Waals surface area contributed by atoms with Crippen molar-refractivity contribution in [2.45, 2.75) is 44.0 Å². The molecule has 2 aromatic rings. The van der Waals surface area contributed by atoms with Crippen molar-refractivity contribution in [1.29, 1.82) is 0 Å². The summed E-state index contributed by atoms with van der Waals surface area (Å²) in [6.45, 7) is 6.16. The Hall–Kier alpha value is -3.24. The zero-order valence-corrected chi connectivity index (χ0v) is 19.7. The van der Waals surface area contributed by atoms with E-state index in [9.17, 15) is 22.8 Å². The van der Waals surface area contributed by atoms with Crippen LogP contribution in [0.2, 0.25) is 0 Å². The van der Waals surface area contributed by atoms with Crippen LogP contribution in [0.15, 0.2) is 53.4 Å². The third-order valence-corrected chi connectivity index (χ3v) is 6.64. The number of rotatable bonds is 8. The predicted octanol–water partition coefficient (Wildman–Crippen LogP) is 2.34. The number of carbonyl (C=O) groups excluding carboxylic acids is 3. The quantitative estimate of drug-likeness (QED) is 0.509. The Balaban J connectivity index is 1.52. The standard InChI is InChI=1S/C23H28N4O5S/c1-23(2,3)17-7-9-19(10-8-17)33(31,32)25-12-11-20(28)26-18-6-4-5-16(13-18)15-27-21(29)14-24-22(27)30/h4-10,13,25H,11-12,14-15H2,1-3H3,(H,24,30)(H,26,28). The molecule has 33 heavy (non-hydrogen) atoms. The highest BCUT2D eigenvalue weighted by atomic mass is 32.2. The number of urea groups is 1. The molecule has 0 bridgehead atoms. The first kappa shape index (κ1) is 24.4. The summed E-state index contributed by atoms with van der Waals surface area (Å²) in [7, 11) is -3.73. The number of benzene rings is 2. The van der Waals surface area contributed by atoms with Gasteiger partial charge in [0.25, 0.3) is 0 Å². The van der Waals surface area contributed by atoms with E-state index in [1.807, 2.05) is 20.8 Å². The van der Waals surface area contributed by atoms with Crippen molar-refractivity contribution >= 4 is 33.6 Å². The molecule has 0 unspecified atom stereocenters. The van der Waals surface area contributed by atoms with Gasteiger partial charge in [0.2, 0.25) is 21.8 Å². The van der Waals surface area contributed by atoms with Crippen LogP contribution in [0.1, 0.15) is 38.3 Å². The Labute approximate surface area is 193 Å². The number of anilines is 1. The van der Waals surface area contributed by atoms with E-state index < -0.39 is 16.1 Å². The molecule has 10 heteroatoms. The number of carbonyl (C=O) groups is 3. The molecule has 1 fully saturated rings. The SMILES string of the molecule is CC(C)(C)c1ccc(S(=O)(=O)NCCC(=O)Nc2cccc(CN3C(=O)CNC3=O)c2)cc1. The van der Waals surface area contributed by atoms with Crippen LogP contribution in [0.25, 0.3) is 0 Å². The maximum atomic E-state index is 12.5. The van der Waals surface area contributed by atoms with E-state index in [4.69, 9.17) is 0 Å². The Kier molecular flexibility index (Phi) is 7.19. The summed E-state index contributed by atoms with van der Waals surface area (Å²) in [5.41, 5.74) is 2.11. The molecular weight excluding hydrogens is 444 g/mol. The fourth-order valence-electron chi connectivity index (χ4n) is 3.29. The van der Waals surface area contributed by atoms with Gasteiger partial charge in [0, 0.05) is 18.7 Å². The van der Waals surface area contributed by atoms with Crippen molar-refractivity contribution in [3.63, 3.8) is 0 Å². The van der Waals surface area contributed by atoms with Crippen molar-refractivity contribution in [3.8, 4) is 0 Å². The summed E-state index contributed by atoms with van der Waals surface area (Å²) in [6, 6.07) is 13.0. The molecule has 0 atom stereocenters. The fraction of sp³-hybridized carbons (Fsp3) is 0.348. The van der Waals surface area contributed by atoms with Crippen LogP contribution < -0.4 is 15.4 Å². The molecule has 0 saturated carbocycles. The fourth-order valence-corrected chi connectivity index (χ4v) is 4.32. The average molecular weight is 473 g/mol. The van der Waals surface area contributed by atoms with Crippen LogP contribution in [-0.2, 0) is 31.6 Å². The van der Waals surface area contributed by atoms with Crippen molar-refractivity contribution in [2.24, 2.45) is 0 Å². The first-order chi connectivity index (χ1) is 15.5. The molecule has 1 aliphatic heterocycles. The maximum Gasteiger partial charge on any atom is 0.324 e. The summed E-state index contributed by atoms with van der Waals surface area (Å²) < 4.78 is 27.4. The van der Waals surface area contributed by atoms with Crippen LogP contribution in [0, 0.1) is 0 Å². The third kappa shape index (κ3) is 6.39. The van der Waals surface area contributed by atoms with Crippen molar-refractivity contribution in [2.75, 3.05) is 18.4 Å². The topological polar surface area (TPSA) is 125 Å². The third-order valence-electron chi connectivity index (χ3n) is 5.16. The highest BCUT2D eigenvalue weighted by Crippen LogP contribution is 2.23. The lowest BCUT2D eigenvalue weighted by Crippen LogP contribution is -2.30.